The standard InChI is InChI=1S/C23H24Cl3N5OS/c1-4-11-31-22(15-7-9-16(10-8-15)30(5-2)6-3)28-29-23(31)33-14-21(32)27-20-13-18(25)17(24)12-19(20)26/h4,7-10,12-13H,1,5-6,11,14H2,2-3H3,(H,27,32). The Hall–Kier alpha value is -2.19. The van der Waals surface area contributed by atoms with Crippen LogP contribution in [0, 0.1) is 0 Å². The normalized spacial score (nSPS) is 10.8. The third-order valence-corrected chi connectivity index (χ3v) is 6.90. The molecule has 1 N–H and O–H groups in total. The molecule has 0 atom stereocenters. The van der Waals surface area contributed by atoms with Crippen molar-refractivity contribution in [1.29, 1.82) is 0 Å². The molecule has 1 heterocycles. The van der Waals surface area contributed by atoms with E-state index >= 15 is 0 Å². The van der Waals surface area contributed by atoms with E-state index in [1.165, 1.54) is 23.9 Å². The van der Waals surface area contributed by atoms with Crippen LogP contribution >= 0.6 is 46.6 Å². The molecule has 0 fully saturated rings. The van der Waals surface area contributed by atoms with Gasteiger partial charge >= 0.3 is 0 Å². The molecule has 3 aromatic rings. The molecule has 2 aromatic carbocycles. The minimum atomic E-state index is -0.251. The second-order valence-corrected chi connectivity index (χ2v) is 9.17. The molecule has 0 spiro atoms. The Morgan fingerprint density at radius 1 is 1.09 bits per heavy atom. The van der Waals surface area contributed by atoms with Gasteiger partial charge in [-0.25, -0.2) is 0 Å². The van der Waals surface area contributed by atoms with Crippen LogP contribution in [0.1, 0.15) is 13.8 Å². The Morgan fingerprint density at radius 3 is 2.39 bits per heavy atom. The van der Waals surface area contributed by atoms with Gasteiger partial charge in [0.25, 0.3) is 0 Å². The van der Waals surface area contributed by atoms with E-state index in [1.54, 1.807) is 6.08 Å². The molecule has 3 rings (SSSR count). The third kappa shape index (κ3) is 6.23. The van der Waals surface area contributed by atoms with Crippen molar-refractivity contribution in [3.63, 3.8) is 0 Å². The number of thioether (sulfide) groups is 1. The molecule has 0 bridgehead atoms. The molecule has 0 aliphatic rings. The van der Waals surface area contributed by atoms with Crippen LogP contribution in [0.15, 0.2) is 54.2 Å². The summed E-state index contributed by atoms with van der Waals surface area (Å²) < 4.78 is 1.93. The lowest BCUT2D eigenvalue weighted by Gasteiger charge is -2.21. The van der Waals surface area contributed by atoms with E-state index in [4.69, 9.17) is 34.8 Å². The first-order valence-corrected chi connectivity index (χ1v) is 12.5. The highest BCUT2D eigenvalue weighted by atomic mass is 35.5. The Balaban J connectivity index is 1.74. The molecule has 0 aliphatic heterocycles. The number of halogens is 3. The topological polar surface area (TPSA) is 63.1 Å². The number of aromatic nitrogens is 3. The van der Waals surface area contributed by atoms with Crippen molar-refractivity contribution in [2.24, 2.45) is 0 Å². The van der Waals surface area contributed by atoms with Crippen molar-refractivity contribution in [2.45, 2.75) is 25.5 Å². The summed E-state index contributed by atoms with van der Waals surface area (Å²) in [5, 5.41) is 13.0. The van der Waals surface area contributed by atoms with Gasteiger partial charge in [-0.05, 0) is 50.2 Å². The van der Waals surface area contributed by atoms with E-state index in [-0.39, 0.29) is 11.7 Å². The molecule has 0 radical (unpaired) electrons. The van der Waals surface area contributed by atoms with Crippen molar-refractivity contribution in [2.75, 3.05) is 29.1 Å². The minimum Gasteiger partial charge on any atom is -0.372 e. The number of nitrogens with one attached hydrogen (secondary N) is 1. The Labute approximate surface area is 212 Å². The first kappa shape index (κ1) is 25.4. The van der Waals surface area contributed by atoms with E-state index in [1.807, 2.05) is 16.7 Å². The second kappa shape index (κ2) is 11.8. The zero-order valence-electron chi connectivity index (χ0n) is 18.3. The molecule has 0 aliphatic carbocycles. The van der Waals surface area contributed by atoms with Crippen LogP contribution in [-0.2, 0) is 11.3 Å². The van der Waals surface area contributed by atoms with E-state index in [0.29, 0.717) is 32.5 Å². The summed E-state index contributed by atoms with van der Waals surface area (Å²) in [5.74, 6) is 0.585. The molecule has 0 saturated carbocycles. The second-order valence-electron chi connectivity index (χ2n) is 7.01. The number of rotatable bonds is 10. The van der Waals surface area contributed by atoms with Crippen molar-refractivity contribution in [1.82, 2.24) is 14.8 Å². The number of hydrogen-bond acceptors (Lipinski definition) is 5. The Bertz CT molecular complexity index is 1130. The van der Waals surface area contributed by atoms with Gasteiger partial charge < -0.3 is 10.2 Å². The maximum Gasteiger partial charge on any atom is 0.234 e. The van der Waals surface area contributed by atoms with E-state index in [2.05, 4.69) is 53.0 Å². The average molecular weight is 525 g/mol. The van der Waals surface area contributed by atoms with Gasteiger partial charge in [-0.3, -0.25) is 9.36 Å². The van der Waals surface area contributed by atoms with Gasteiger partial charge in [-0.1, -0.05) is 52.6 Å². The maximum atomic E-state index is 12.5. The summed E-state index contributed by atoms with van der Waals surface area (Å²) in [7, 11) is 0. The quantitative estimate of drug-likeness (QED) is 0.182. The Kier molecular flexibility index (Phi) is 9.09. The van der Waals surface area contributed by atoms with Gasteiger partial charge in [0.2, 0.25) is 5.91 Å². The summed E-state index contributed by atoms with van der Waals surface area (Å²) in [5.41, 5.74) is 2.50. The zero-order chi connectivity index (χ0) is 24.0. The van der Waals surface area contributed by atoms with E-state index in [0.717, 1.165) is 30.2 Å². The van der Waals surface area contributed by atoms with Gasteiger partial charge in [-0.2, -0.15) is 0 Å². The van der Waals surface area contributed by atoms with Gasteiger partial charge in [0, 0.05) is 30.9 Å². The van der Waals surface area contributed by atoms with Crippen LogP contribution < -0.4 is 10.2 Å². The summed E-state index contributed by atoms with van der Waals surface area (Å²) in [6.07, 6.45) is 1.77. The first-order chi connectivity index (χ1) is 15.9. The number of nitrogens with zero attached hydrogens (tertiary/aromatic N) is 4. The van der Waals surface area contributed by atoms with Crippen molar-refractivity contribution < 1.29 is 4.79 Å². The van der Waals surface area contributed by atoms with Crippen LogP contribution in [0.2, 0.25) is 15.1 Å². The lowest BCUT2D eigenvalue weighted by molar-refractivity contribution is -0.113. The van der Waals surface area contributed by atoms with Crippen LogP contribution in [-0.4, -0.2) is 39.5 Å². The van der Waals surface area contributed by atoms with Gasteiger partial charge in [0.1, 0.15) is 0 Å². The van der Waals surface area contributed by atoms with Gasteiger partial charge in [0.15, 0.2) is 11.0 Å². The number of hydrogen-bond donors (Lipinski definition) is 1. The number of allylic oxidation sites excluding steroid dienone is 1. The van der Waals surface area contributed by atoms with Crippen molar-refractivity contribution >= 4 is 63.8 Å². The SMILES string of the molecule is C=CCn1c(SCC(=O)Nc2cc(Cl)c(Cl)cc2Cl)nnc1-c1ccc(N(CC)CC)cc1. The van der Waals surface area contributed by atoms with Gasteiger partial charge in [0.05, 0.1) is 26.5 Å². The molecule has 10 heteroatoms. The fourth-order valence-electron chi connectivity index (χ4n) is 3.25. The fraction of sp³-hybridized carbons (Fsp3) is 0.261. The van der Waals surface area contributed by atoms with Crippen LogP contribution in [0.3, 0.4) is 0 Å². The summed E-state index contributed by atoms with van der Waals surface area (Å²) >= 11 is 19.4. The van der Waals surface area contributed by atoms with Crippen LogP contribution in [0.25, 0.3) is 11.4 Å². The van der Waals surface area contributed by atoms with E-state index < -0.39 is 0 Å². The van der Waals surface area contributed by atoms with Crippen molar-refractivity contribution in [3.8, 4) is 11.4 Å². The first-order valence-electron chi connectivity index (χ1n) is 10.3. The number of carbonyl (C=O) groups is 1. The highest BCUT2D eigenvalue weighted by Gasteiger charge is 2.16. The molecular formula is C23H24Cl3N5OS. The number of anilines is 2. The molecule has 174 valence electrons. The summed E-state index contributed by atoms with van der Waals surface area (Å²) in [6, 6.07) is 11.2. The molecule has 6 nitrogen and oxygen atoms in total. The molecule has 0 unspecified atom stereocenters. The predicted molar refractivity (Wildman–Crippen MR) is 140 cm³/mol. The monoisotopic (exact) mass is 523 g/mol. The number of carbonyl (C=O) groups excluding carboxylic acids is 1. The zero-order valence-corrected chi connectivity index (χ0v) is 21.4. The van der Waals surface area contributed by atoms with Crippen molar-refractivity contribution in [3.05, 3.63) is 64.1 Å². The van der Waals surface area contributed by atoms with Crippen LogP contribution in [0.5, 0.6) is 0 Å². The molecule has 1 aromatic heterocycles. The largest absolute Gasteiger partial charge is 0.372 e. The van der Waals surface area contributed by atoms with Crippen LogP contribution in [0.4, 0.5) is 11.4 Å². The number of benzene rings is 2. The highest BCUT2D eigenvalue weighted by Crippen LogP contribution is 2.32. The molecule has 1 amide bonds. The third-order valence-electron chi connectivity index (χ3n) is 4.90. The molecular weight excluding hydrogens is 501 g/mol. The maximum absolute atomic E-state index is 12.5. The lowest BCUT2D eigenvalue weighted by atomic mass is 10.2. The predicted octanol–water partition coefficient (Wildman–Crippen LogP) is 6.67. The smallest absolute Gasteiger partial charge is 0.234 e. The number of amides is 1. The molecule has 33 heavy (non-hydrogen) atoms. The summed E-state index contributed by atoms with van der Waals surface area (Å²) in [6.45, 7) is 10.5. The fourth-order valence-corrected chi connectivity index (χ4v) is 4.59. The highest BCUT2D eigenvalue weighted by molar-refractivity contribution is 7.99. The van der Waals surface area contributed by atoms with E-state index in [9.17, 15) is 4.79 Å². The average Bonchev–Trinajstić information content (AvgIpc) is 3.20. The lowest BCUT2D eigenvalue weighted by Crippen LogP contribution is -2.21. The minimum absolute atomic E-state index is 0.118. The Morgan fingerprint density at radius 2 is 1.76 bits per heavy atom. The van der Waals surface area contributed by atoms with Gasteiger partial charge in [-0.15, -0.1) is 16.8 Å². The summed E-state index contributed by atoms with van der Waals surface area (Å²) in [4.78, 5) is 14.8. The molecule has 0 saturated heterocycles.